The van der Waals surface area contributed by atoms with Crippen LogP contribution in [0.2, 0.25) is 0 Å². The van der Waals surface area contributed by atoms with Crippen LogP contribution in [0.4, 0.5) is 17.6 Å². The highest BCUT2D eigenvalue weighted by molar-refractivity contribution is 5.24. The SMILES string of the molecule is CCCCCCCCCC1CCC(C(OC(c2ccc(F)c(F)c2)C2CCC(CCCCCCCCC)CC2)c2ccc(F)c(F)c2)CC1. The van der Waals surface area contributed by atoms with Crippen LogP contribution in [0.5, 0.6) is 0 Å². The molecule has 5 heteroatoms. The highest BCUT2D eigenvalue weighted by atomic mass is 19.2. The fourth-order valence-corrected chi connectivity index (χ4v) is 8.80. The van der Waals surface area contributed by atoms with E-state index in [2.05, 4.69) is 13.8 Å². The molecule has 276 valence electrons. The number of hydrogen-bond donors (Lipinski definition) is 0. The molecule has 0 aromatic heterocycles. The summed E-state index contributed by atoms with van der Waals surface area (Å²) in [7, 11) is 0. The first-order valence-corrected chi connectivity index (χ1v) is 20.4. The number of unbranched alkanes of at least 4 members (excludes halogenated alkanes) is 12. The van der Waals surface area contributed by atoms with Gasteiger partial charge in [0.1, 0.15) is 0 Å². The summed E-state index contributed by atoms with van der Waals surface area (Å²) >= 11 is 0. The van der Waals surface area contributed by atoms with Crippen molar-refractivity contribution in [2.45, 2.75) is 180 Å². The quantitative estimate of drug-likeness (QED) is 0.0885. The lowest BCUT2D eigenvalue weighted by Gasteiger charge is -2.40. The van der Waals surface area contributed by atoms with Crippen molar-refractivity contribution in [1.29, 1.82) is 0 Å². The summed E-state index contributed by atoms with van der Waals surface area (Å²) in [6.07, 6.45) is 28.4. The topological polar surface area (TPSA) is 9.23 Å². The van der Waals surface area contributed by atoms with Gasteiger partial charge in [0.2, 0.25) is 0 Å². The average molecular weight is 687 g/mol. The van der Waals surface area contributed by atoms with E-state index in [4.69, 9.17) is 4.74 Å². The maximum Gasteiger partial charge on any atom is 0.159 e. The summed E-state index contributed by atoms with van der Waals surface area (Å²) in [6.45, 7) is 4.51. The number of rotatable bonds is 22. The number of halogens is 4. The van der Waals surface area contributed by atoms with Crippen molar-refractivity contribution in [2.24, 2.45) is 23.7 Å². The molecule has 2 fully saturated rings. The third kappa shape index (κ3) is 13.3. The second-order valence-electron chi connectivity index (χ2n) is 15.7. The molecule has 2 aliphatic rings. The molecule has 2 aromatic carbocycles. The van der Waals surface area contributed by atoms with E-state index in [0.29, 0.717) is 23.0 Å². The van der Waals surface area contributed by atoms with Gasteiger partial charge in [0.15, 0.2) is 23.3 Å². The molecule has 2 aliphatic carbocycles. The Morgan fingerprint density at radius 1 is 0.469 bits per heavy atom. The van der Waals surface area contributed by atoms with Crippen LogP contribution in [-0.2, 0) is 4.74 Å². The minimum Gasteiger partial charge on any atom is -0.365 e. The zero-order valence-corrected chi connectivity index (χ0v) is 30.8. The molecule has 2 unspecified atom stereocenters. The van der Waals surface area contributed by atoms with Gasteiger partial charge in [-0.2, -0.15) is 0 Å². The Morgan fingerprint density at radius 3 is 1.16 bits per heavy atom. The molecule has 2 aromatic rings. The molecule has 0 aliphatic heterocycles. The van der Waals surface area contributed by atoms with Gasteiger partial charge in [-0.3, -0.25) is 0 Å². The molecule has 0 spiro atoms. The summed E-state index contributed by atoms with van der Waals surface area (Å²) in [6, 6.07) is 8.33. The van der Waals surface area contributed by atoms with Crippen LogP contribution in [0.15, 0.2) is 36.4 Å². The lowest BCUT2D eigenvalue weighted by atomic mass is 9.74. The minimum atomic E-state index is -0.867. The lowest BCUT2D eigenvalue weighted by Crippen LogP contribution is -2.28. The first-order valence-electron chi connectivity index (χ1n) is 20.4. The van der Waals surface area contributed by atoms with Crippen LogP contribution < -0.4 is 0 Å². The van der Waals surface area contributed by atoms with Crippen molar-refractivity contribution < 1.29 is 22.3 Å². The maximum absolute atomic E-state index is 14.7. The molecule has 1 nitrogen and oxygen atoms in total. The molecular weight excluding hydrogens is 620 g/mol. The van der Waals surface area contributed by atoms with E-state index in [0.717, 1.165) is 51.4 Å². The molecule has 0 bridgehead atoms. The van der Waals surface area contributed by atoms with Crippen LogP contribution in [0, 0.1) is 46.9 Å². The van der Waals surface area contributed by atoms with Crippen LogP contribution in [0.25, 0.3) is 0 Å². The Morgan fingerprint density at radius 2 is 0.816 bits per heavy atom. The van der Waals surface area contributed by atoms with Gasteiger partial charge in [0, 0.05) is 0 Å². The zero-order valence-electron chi connectivity index (χ0n) is 30.8. The Labute approximate surface area is 296 Å². The highest BCUT2D eigenvalue weighted by Crippen LogP contribution is 2.47. The third-order valence-electron chi connectivity index (χ3n) is 11.9. The molecule has 0 radical (unpaired) electrons. The van der Waals surface area contributed by atoms with Gasteiger partial charge in [-0.15, -0.1) is 0 Å². The predicted molar refractivity (Wildman–Crippen MR) is 195 cm³/mol. The second kappa shape index (κ2) is 22.1. The van der Waals surface area contributed by atoms with Crippen molar-refractivity contribution in [3.63, 3.8) is 0 Å². The maximum atomic E-state index is 14.7. The summed E-state index contributed by atoms with van der Waals surface area (Å²) in [5, 5.41) is 0. The van der Waals surface area contributed by atoms with Crippen molar-refractivity contribution in [3.05, 3.63) is 70.8 Å². The van der Waals surface area contributed by atoms with E-state index < -0.39 is 35.5 Å². The first-order chi connectivity index (χ1) is 23.9. The van der Waals surface area contributed by atoms with E-state index in [1.807, 2.05) is 0 Å². The molecule has 4 rings (SSSR count). The number of ether oxygens (including phenoxy) is 1. The van der Waals surface area contributed by atoms with Gasteiger partial charge in [0.25, 0.3) is 0 Å². The van der Waals surface area contributed by atoms with Crippen LogP contribution >= 0.6 is 0 Å². The third-order valence-corrected chi connectivity index (χ3v) is 11.9. The standard InChI is InChI=1S/C44H66F4O/c1-3-5-7-9-11-13-15-17-33-19-23-35(24-20-33)43(37-27-29-39(45)41(47)31-37)49-44(38-28-30-40(46)42(48)32-38)36-25-21-34(22-26-36)18-16-14-12-10-8-6-4-2/h27-36,43-44H,3-26H2,1-2H3. The average Bonchev–Trinajstić information content (AvgIpc) is 3.11. The van der Waals surface area contributed by atoms with E-state index in [-0.39, 0.29) is 11.8 Å². The van der Waals surface area contributed by atoms with E-state index in [1.165, 1.54) is 127 Å². The summed E-state index contributed by atoms with van der Waals surface area (Å²) in [4.78, 5) is 0. The molecule has 0 saturated heterocycles. The van der Waals surface area contributed by atoms with Crippen LogP contribution in [0.3, 0.4) is 0 Å². The van der Waals surface area contributed by atoms with Gasteiger partial charge in [-0.1, -0.05) is 154 Å². The number of benzene rings is 2. The normalized spacial score (nSPS) is 22.7. The second-order valence-corrected chi connectivity index (χ2v) is 15.7. The summed E-state index contributed by atoms with van der Waals surface area (Å²) in [5.74, 6) is -1.73. The Kier molecular flexibility index (Phi) is 18.0. The largest absolute Gasteiger partial charge is 0.365 e. The first kappa shape index (κ1) is 39.9. The summed E-state index contributed by atoms with van der Waals surface area (Å²) in [5.41, 5.74) is 1.30. The monoisotopic (exact) mass is 687 g/mol. The molecular formula is C44H66F4O. The van der Waals surface area contributed by atoms with Crippen molar-refractivity contribution in [2.75, 3.05) is 0 Å². The van der Waals surface area contributed by atoms with Crippen LogP contribution in [0.1, 0.15) is 191 Å². The zero-order chi connectivity index (χ0) is 34.8. The minimum absolute atomic E-state index is 0.164. The van der Waals surface area contributed by atoms with E-state index >= 15 is 0 Å². The van der Waals surface area contributed by atoms with Gasteiger partial charge < -0.3 is 4.74 Å². The van der Waals surface area contributed by atoms with E-state index in [1.54, 1.807) is 12.1 Å². The fourth-order valence-electron chi connectivity index (χ4n) is 8.80. The predicted octanol–water partition coefficient (Wildman–Crippen LogP) is 14.9. The van der Waals surface area contributed by atoms with Gasteiger partial charge in [-0.25, -0.2) is 17.6 Å². The lowest BCUT2D eigenvalue weighted by molar-refractivity contribution is -0.0910. The Balaban J connectivity index is 1.41. The smallest absolute Gasteiger partial charge is 0.159 e. The molecule has 0 amide bonds. The van der Waals surface area contributed by atoms with Crippen molar-refractivity contribution >= 4 is 0 Å². The van der Waals surface area contributed by atoms with E-state index in [9.17, 15) is 17.6 Å². The van der Waals surface area contributed by atoms with Gasteiger partial charge in [-0.05, 0) is 84.7 Å². The number of hydrogen-bond acceptors (Lipinski definition) is 1. The molecule has 2 saturated carbocycles. The van der Waals surface area contributed by atoms with Crippen LogP contribution in [-0.4, -0.2) is 0 Å². The van der Waals surface area contributed by atoms with Crippen molar-refractivity contribution in [3.8, 4) is 0 Å². The Hall–Kier alpha value is -1.88. The van der Waals surface area contributed by atoms with Gasteiger partial charge >= 0.3 is 0 Å². The molecule has 49 heavy (non-hydrogen) atoms. The Bertz CT molecular complexity index is 1090. The highest BCUT2D eigenvalue weighted by Gasteiger charge is 2.36. The van der Waals surface area contributed by atoms with Gasteiger partial charge in [0.05, 0.1) is 12.2 Å². The van der Waals surface area contributed by atoms with Crippen molar-refractivity contribution in [1.82, 2.24) is 0 Å². The summed E-state index contributed by atoms with van der Waals surface area (Å²) < 4.78 is 64.7. The molecule has 2 atom stereocenters. The fraction of sp³-hybridized carbons (Fsp3) is 0.727. The molecule has 0 heterocycles. The molecule has 0 N–H and O–H groups in total.